The number of rotatable bonds is 9. The van der Waals surface area contributed by atoms with Gasteiger partial charge in [-0.1, -0.05) is 19.3 Å². The van der Waals surface area contributed by atoms with Gasteiger partial charge in [-0.2, -0.15) is 13.2 Å². The Labute approximate surface area is 119 Å². The van der Waals surface area contributed by atoms with Crippen molar-refractivity contribution >= 4 is 0 Å². The van der Waals surface area contributed by atoms with Crippen LogP contribution in [0.1, 0.15) is 38.5 Å². The van der Waals surface area contributed by atoms with Gasteiger partial charge in [0.05, 0.1) is 6.61 Å². The van der Waals surface area contributed by atoms with E-state index in [1.807, 2.05) is 0 Å². The Morgan fingerprint density at radius 2 is 1.80 bits per heavy atom. The summed E-state index contributed by atoms with van der Waals surface area (Å²) in [6.07, 6.45) is 2.16. The van der Waals surface area contributed by atoms with Gasteiger partial charge >= 0.3 is 6.18 Å². The molecule has 0 aromatic rings. The lowest BCUT2D eigenvalue weighted by molar-refractivity contribution is -0.175. The Balaban J connectivity index is 2.31. The summed E-state index contributed by atoms with van der Waals surface area (Å²) in [5.74, 6) is 0. The number of methoxy groups -OCH3 is 1. The van der Waals surface area contributed by atoms with Crippen LogP contribution in [-0.4, -0.2) is 46.2 Å². The first-order chi connectivity index (χ1) is 9.47. The van der Waals surface area contributed by atoms with Gasteiger partial charge in [0.2, 0.25) is 0 Å². The van der Waals surface area contributed by atoms with E-state index in [1.54, 1.807) is 7.11 Å². The van der Waals surface area contributed by atoms with E-state index in [1.165, 1.54) is 6.42 Å². The first-order valence-electron chi connectivity index (χ1n) is 7.32. The number of hydrogen-bond acceptors (Lipinski definition) is 3. The highest BCUT2D eigenvalue weighted by atomic mass is 19.4. The molecule has 120 valence electrons. The zero-order chi connectivity index (χ0) is 14.9. The van der Waals surface area contributed by atoms with Crippen molar-refractivity contribution in [3.8, 4) is 0 Å². The van der Waals surface area contributed by atoms with Gasteiger partial charge in [0.25, 0.3) is 0 Å². The van der Waals surface area contributed by atoms with Gasteiger partial charge in [0.15, 0.2) is 0 Å². The van der Waals surface area contributed by atoms with E-state index >= 15 is 0 Å². The van der Waals surface area contributed by atoms with Gasteiger partial charge in [-0.05, 0) is 24.7 Å². The molecule has 0 aromatic heterocycles. The minimum atomic E-state index is -4.23. The molecule has 1 saturated carbocycles. The molecule has 0 saturated heterocycles. The van der Waals surface area contributed by atoms with E-state index in [0.717, 1.165) is 38.8 Å². The first kappa shape index (κ1) is 17.7. The molecule has 1 N–H and O–H groups in total. The molecule has 0 unspecified atom stereocenters. The van der Waals surface area contributed by atoms with Crippen molar-refractivity contribution in [2.75, 3.05) is 40.0 Å². The topological polar surface area (TPSA) is 30.5 Å². The summed E-state index contributed by atoms with van der Waals surface area (Å²) in [5.41, 5.74) is 0.0948. The van der Waals surface area contributed by atoms with E-state index in [4.69, 9.17) is 9.47 Å². The van der Waals surface area contributed by atoms with Crippen LogP contribution in [0, 0.1) is 5.41 Å². The molecule has 1 aliphatic carbocycles. The third-order valence-electron chi connectivity index (χ3n) is 3.94. The maximum Gasteiger partial charge on any atom is 0.411 e. The van der Waals surface area contributed by atoms with Gasteiger partial charge in [-0.15, -0.1) is 0 Å². The zero-order valence-electron chi connectivity index (χ0n) is 12.2. The van der Waals surface area contributed by atoms with Crippen LogP contribution in [0.4, 0.5) is 13.2 Å². The third kappa shape index (κ3) is 7.45. The maximum absolute atomic E-state index is 12.1. The van der Waals surface area contributed by atoms with Crippen molar-refractivity contribution in [1.82, 2.24) is 5.32 Å². The predicted octanol–water partition coefficient (Wildman–Crippen LogP) is 3.14. The van der Waals surface area contributed by atoms with Crippen molar-refractivity contribution in [3.63, 3.8) is 0 Å². The number of hydrogen-bond donors (Lipinski definition) is 1. The Kier molecular flexibility index (Phi) is 7.84. The van der Waals surface area contributed by atoms with Gasteiger partial charge in [0, 0.05) is 26.8 Å². The molecule has 20 heavy (non-hydrogen) atoms. The lowest BCUT2D eigenvalue weighted by Crippen LogP contribution is -2.38. The number of alkyl halides is 3. The average Bonchev–Trinajstić information content (AvgIpc) is 2.40. The number of nitrogens with one attached hydrogen (secondary N) is 1. The van der Waals surface area contributed by atoms with Crippen LogP contribution in [-0.2, 0) is 9.47 Å². The fourth-order valence-corrected chi connectivity index (χ4v) is 2.82. The highest BCUT2D eigenvalue weighted by Crippen LogP contribution is 2.38. The van der Waals surface area contributed by atoms with Crippen molar-refractivity contribution in [2.45, 2.75) is 44.7 Å². The molecule has 0 amide bonds. The maximum atomic E-state index is 12.1. The standard InChI is InChI=1S/C14H26F3NO2/c1-19-10-8-18-11-13(5-3-2-4-6-13)7-9-20-12-14(15,16)17/h18H,2-12H2,1H3. The summed E-state index contributed by atoms with van der Waals surface area (Å²) in [5, 5.41) is 3.35. The van der Waals surface area contributed by atoms with Crippen molar-refractivity contribution < 1.29 is 22.6 Å². The summed E-state index contributed by atoms with van der Waals surface area (Å²) >= 11 is 0. The lowest BCUT2D eigenvalue weighted by atomic mass is 9.72. The smallest absolute Gasteiger partial charge is 0.383 e. The Bertz CT molecular complexity index is 253. The molecule has 3 nitrogen and oxygen atoms in total. The first-order valence-corrected chi connectivity index (χ1v) is 7.32. The zero-order valence-corrected chi connectivity index (χ0v) is 12.2. The van der Waals surface area contributed by atoms with Crippen molar-refractivity contribution in [3.05, 3.63) is 0 Å². The lowest BCUT2D eigenvalue weighted by Gasteiger charge is -2.37. The molecule has 1 aliphatic rings. The summed E-state index contributed by atoms with van der Waals surface area (Å²) in [7, 11) is 1.66. The summed E-state index contributed by atoms with van der Waals surface area (Å²) < 4.78 is 45.9. The normalized spacial score (nSPS) is 19.2. The fraction of sp³-hybridized carbons (Fsp3) is 1.00. The average molecular weight is 297 g/mol. The van der Waals surface area contributed by atoms with E-state index in [9.17, 15) is 13.2 Å². The van der Waals surface area contributed by atoms with Crippen LogP contribution in [0.5, 0.6) is 0 Å². The Morgan fingerprint density at radius 1 is 1.10 bits per heavy atom. The fourth-order valence-electron chi connectivity index (χ4n) is 2.82. The van der Waals surface area contributed by atoms with Gasteiger partial charge in [-0.3, -0.25) is 0 Å². The van der Waals surface area contributed by atoms with Crippen molar-refractivity contribution in [2.24, 2.45) is 5.41 Å². The van der Waals surface area contributed by atoms with E-state index in [-0.39, 0.29) is 12.0 Å². The predicted molar refractivity (Wildman–Crippen MR) is 71.8 cm³/mol. The van der Waals surface area contributed by atoms with Crippen molar-refractivity contribution in [1.29, 1.82) is 0 Å². The molecule has 0 aliphatic heterocycles. The van der Waals surface area contributed by atoms with Crippen LogP contribution in [0.2, 0.25) is 0 Å². The Hall–Kier alpha value is -0.330. The monoisotopic (exact) mass is 297 g/mol. The third-order valence-corrected chi connectivity index (χ3v) is 3.94. The SMILES string of the molecule is COCCNCC1(CCOCC(F)(F)F)CCCCC1. The van der Waals surface area contributed by atoms with Crippen LogP contribution in [0.3, 0.4) is 0 Å². The minimum absolute atomic E-state index is 0.0948. The summed E-state index contributed by atoms with van der Waals surface area (Å²) in [4.78, 5) is 0. The molecule has 0 aromatic carbocycles. The number of ether oxygens (including phenoxy) is 2. The van der Waals surface area contributed by atoms with Crippen LogP contribution in [0.25, 0.3) is 0 Å². The molecule has 1 fully saturated rings. The Morgan fingerprint density at radius 3 is 2.40 bits per heavy atom. The second-order valence-electron chi connectivity index (χ2n) is 5.65. The van der Waals surface area contributed by atoms with Crippen LogP contribution < -0.4 is 5.32 Å². The second kappa shape index (κ2) is 8.85. The van der Waals surface area contributed by atoms with E-state index < -0.39 is 12.8 Å². The molecular formula is C14H26F3NO2. The molecule has 0 bridgehead atoms. The second-order valence-corrected chi connectivity index (χ2v) is 5.65. The molecule has 6 heteroatoms. The largest absolute Gasteiger partial charge is 0.411 e. The molecule has 0 heterocycles. The molecule has 0 atom stereocenters. The van der Waals surface area contributed by atoms with Gasteiger partial charge in [-0.25, -0.2) is 0 Å². The highest BCUT2D eigenvalue weighted by molar-refractivity contribution is 4.85. The van der Waals surface area contributed by atoms with E-state index in [2.05, 4.69) is 5.32 Å². The number of halogens is 3. The summed E-state index contributed by atoms with van der Waals surface area (Å²) in [6, 6.07) is 0. The highest BCUT2D eigenvalue weighted by Gasteiger charge is 2.32. The summed E-state index contributed by atoms with van der Waals surface area (Å²) in [6.45, 7) is 1.32. The van der Waals surface area contributed by atoms with Gasteiger partial charge in [0.1, 0.15) is 6.61 Å². The van der Waals surface area contributed by atoms with Crippen LogP contribution in [0.15, 0.2) is 0 Å². The molecule has 0 spiro atoms. The van der Waals surface area contributed by atoms with E-state index in [0.29, 0.717) is 13.0 Å². The van der Waals surface area contributed by atoms with Gasteiger partial charge < -0.3 is 14.8 Å². The molecule has 1 rings (SSSR count). The minimum Gasteiger partial charge on any atom is -0.383 e. The molecule has 0 radical (unpaired) electrons. The molecular weight excluding hydrogens is 271 g/mol. The quantitative estimate of drug-likeness (QED) is 0.663. The van der Waals surface area contributed by atoms with Crippen LogP contribution >= 0.6 is 0 Å².